The molecular formula is C14H9F3O2. The Kier molecular flexibility index (Phi) is 2.45. The SMILES string of the molecule is Cc1ccc2c(c1F)C(F)Oc1c-2ccc(O)c1F. The number of aryl methyl sites for hydroxylation is 1. The predicted octanol–water partition coefficient (Wildman–Crippen LogP) is 4.01. The van der Waals surface area contributed by atoms with Gasteiger partial charge in [-0.15, -0.1) is 0 Å². The van der Waals surface area contributed by atoms with E-state index in [1.54, 1.807) is 0 Å². The van der Waals surface area contributed by atoms with Crippen molar-refractivity contribution in [1.82, 2.24) is 0 Å². The van der Waals surface area contributed by atoms with Crippen LogP contribution in [-0.4, -0.2) is 5.11 Å². The second-order valence-electron chi connectivity index (χ2n) is 4.37. The minimum atomic E-state index is -2.10. The number of hydrogen-bond donors (Lipinski definition) is 1. The van der Waals surface area contributed by atoms with Crippen LogP contribution in [0, 0.1) is 18.6 Å². The van der Waals surface area contributed by atoms with Crippen LogP contribution < -0.4 is 4.74 Å². The summed E-state index contributed by atoms with van der Waals surface area (Å²) in [5, 5.41) is 9.26. The van der Waals surface area contributed by atoms with Crippen molar-refractivity contribution < 1.29 is 23.0 Å². The van der Waals surface area contributed by atoms with Gasteiger partial charge in [0.05, 0.1) is 5.56 Å². The first-order valence-electron chi connectivity index (χ1n) is 5.62. The number of ether oxygens (including phenoxy) is 1. The Hall–Kier alpha value is -2.17. The lowest BCUT2D eigenvalue weighted by atomic mass is 9.94. The molecule has 1 unspecified atom stereocenters. The maximum absolute atomic E-state index is 13.9. The van der Waals surface area contributed by atoms with Crippen LogP contribution in [0.15, 0.2) is 24.3 Å². The molecule has 3 rings (SSSR count). The number of phenols is 1. The first-order valence-corrected chi connectivity index (χ1v) is 5.62. The molecule has 0 aromatic heterocycles. The Balaban J connectivity index is 2.35. The van der Waals surface area contributed by atoms with Gasteiger partial charge in [-0.3, -0.25) is 0 Å². The molecule has 19 heavy (non-hydrogen) atoms. The molecule has 0 bridgehead atoms. The number of rotatable bonds is 0. The topological polar surface area (TPSA) is 29.5 Å². The molecule has 98 valence electrons. The molecule has 1 heterocycles. The fraction of sp³-hybridized carbons (Fsp3) is 0.143. The van der Waals surface area contributed by atoms with E-state index < -0.39 is 29.5 Å². The molecule has 0 fully saturated rings. The first kappa shape index (κ1) is 11.9. The molecule has 0 saturated carbocycles. The molecule has 1 aliphatic heterocycles. The largest absolute Gasteiger partial charge is 0.505 e. The summed E-state index contributed by atoms with van der Waals surface area (Å²) in [6.45, 7) is 1.51. The first-order chi connectivity index (χ1) is 9.00. The maximum atomic E-state index is 13.9. The fourth-order valence-corrected chi connectivity index (χ4v) is 2.19. The Labute approximate surface area is 107 Å². The number of aromatic hydroxyl groups is 1. The monoisotopic (exact) mass is 266 g/mol. The van der Waals surface area contributed by atoms with Crippen LogP contribution in [0.2, 0.25) is 0 Å². The maximum Gasteiger partial charge on any atom is 0.267 e. The number of phenolic OH excluding ortho intramolecular Hbond substituents is 1. The highest BCUT2D eigenvalue weighted by molar-refractivity contribution is 5.77. The van der Waals surface area contributed by atoms with E-state index in [9.17, 15) is 18.3 Å². The summed E-state index contributed by atoms with van der Waals surface area (Å²) >= 11 is 0. The minimum absolute atomic E-state index is 0.220. The third-order valence-electron chi connectivity index (χ3n) is 3.19. The normalized spacial score (nSPS) is 16.5. The summed E-state index contributed by atoms with van der Waals surface area (Å²) in [6, 6.07) is 5.49. The molecule has 1 N–H and O–H groups in total. The summed E-state index contributed by atoms with van der Waals surface area (Å²) in [4.78, 5) is 0. The number of fused-ring (bicyclic) bond motifs is 3. The van der Waals surface area contributed by atoms with Crippen LogP contribution >= 0.6 is 0 Å². The molecule has 0 amide bonds. The molecular weight excluding hydrogens is 257 g/mol. The molecule has 0 aliphatic carbocycles. The van der Waals surface area contributed by atoms with E-state index in [4.69, 9.17) is 4.74 Å². The van der Waals surface area contributed by atoms with Gasteiger partial charge in [0.15, 0.2) is 11.5 Å². The van der Waals surface area contributed by atoms with E-state index in [0.717, 1.165) is 6.07 Å². The van der Waals surface area contributed by atoms with Gasteiger partial charge in [-0.1, -0.05) is 12.1 Å². The Bertz CT molecular complexity index is 683. The average molecular weight is 266 g/mol. The lowest BCUT2D eigenvalue weighted by molar-refractivity contribution is 0.0563. The van der Waals surface area contributed by atoms with Crippen molar-refractivity contribution >= 4 is 0 Å². The standard InChI is InChI=1S/C14H9F3O2/c1-6-2-3-7-8-4-5-9(18)12(16)13(8)19-14(17)10(7)11(6)15/h2-5,14,18H,1H3. The van der Waals surface area contributed by atoms with E-state index in [1.807, 2.05) is 0 Å². The zero-order chi connectivity index (χ0) is 13.7. The highest BCUT2D eigenvalue weighted by atomic mass is 19.2. The third-order valence-corrected chi connectivity index (χ3v) is 3.19. The number of halogens is 3. The predicted molar refractivity (Wildman–Crippen MR) is 62.7 cm³/mol. The summed E-state index contributed by atoms with van der Waals surface area (Å²) in [6.07, 6.45) is -2.10. The molecule has 1 atom stereocenters. The van der Waals surface area contributed by atoms with Gasteiger partial charge in [-0.05, 0) is 30.2 Å². The van der Waals surface area contributed by atoms with Gasteiger partial charge >= 0.3 is 0 Å². The quantitative estimate of drug-likeness (QED) is 0.780. The molecule has 2 nitrogen and oxygen atoms in total. The van der Waals surface area contributed by atoms with Crippen molar-refractivity contribution in [2.45, 2.75) is 13.3 Å². The molecule has 2 aromatic rings. The van der Waals surface area contributed by atoms with Crippen molar-refractivity contribution in [2.24, 2.45) is 0 Å². The van der Waals surface area contributed by atoms with Gasteiger partial charge in [-0.2, -0.15) is 8.78 Å². The lowest BCUT2D eigenvalue weighted by Gasteiger charge is -2.25. The number of benzene rings is 2. The molecule has 0 spiro atoms. The van der Waals surface area contributed by atoms with Crippen LogP contribution in [0.4, 0.5) is 13.2 Å². The minimum Gasteiger partial charge on any atom is -0.505 e. The molecule has 1 aliphatic rings. The van der Waals surface area contributed by atoms with Gasteiger partial charge in [-0.25, -0.2) is 4.39 Å². The van der Waals surface area contributed by atoms with Crippen LogP contribution in [-0.2, 0) is 0 Å². The summed E-state index contributed by atoms with van der Waals surface area (Å²) in [5.74, 6) is -2.79. The smallest absolute Gasteiger partial charge is 0.267 e. The zero-order valence-electron chi connectivity index (χ0n) is 9.88. The molecule has 5 heteroatoms. The van der Waals surface area contributed by atoms with Gasteiger partial charge in [0.2, 0.25) is 5.82 Å². The van der Waals surface area contributed by atoms with Crippen LogP contribution in [0.25, 0.3) is 11.1 Å². The Morgan fingerprint density at radius 2 is 1.74 bits per heavy atom. The van der Waals surface area contributed by atoms with E-state index in [0.29, 0.717) is 0 Å². The van der Waals surface area contributed by atoms with Crippen molar-refractivity contribution in [1.29, 1.82) is 0 Å². The Morgan fingerprint density at radius 1 is 1.05 bits per heavy atom. The van der Waals surface area contributed by atoms with Gasteiger partial charge in [0.25, 0.3) is 6.36 Å². The molecule has 2 aromatic carbocycles. The second kappa shape index (κ2) is 3.91. The van der Waals surface area contributed by atoms with Crippen molar-refractivity contribution in [3.8, 4) is 22.6 Å². The van der Waals surface area contributed by atoms with E-state index in [-0.39, 0.29) is 22.3 Å². The second-order valence-corrected chi connectivity index (χ2v) is 4.37. The van der Waals surface area contributed by atoms with Gasteiger partial charge in [0, 0.05) is 5.56 Å². The number of alkyl halides is 1. The fourth-order valence-electron chi connectivity index (χ4n) is 2.19. The number of hydrogen-bond acceptors (Lipinski definition) is 2. The van der Waals surface area contributed by atoms with Crippen molar-refractivity contribution in [2.75, 3.05) is 0 Å². The van der Waals surface area contributed by atoms with Crippen molar-refractivity contribution in [3.05, 3.63) is 47.0 Å². The average Bonchev–Trinajstić information content (AvgIpc) is 2.38. The highest BCUT2D eigenvalue weighted by Crippen LogP contribution is 2.47. The van der Waals surface area contributed by atoms with Crippen LogP contribution in [0.1, 0.15) is 17.5 Å². The lowest BCUT2D eigenvalue weighted by Crippen LogP contribution is -2.14. The van der Waals surface area contributed by atoms with Crippen LogP contribution in [0.3, 0.4) is 0 Å². The highest BCUT2D eigenvalue weighted by Gasteiger charge is 2.32. The third kappa shape index (κ3) is 1.58. The molecule has 0 radical (unpaired) electrons. The summed E-state index contributed by atoms with van der Waals surface area (Å²) in [5.41, 5.74) is 0.499. The van der Waals surface area contributed by atoms with Crippen LogP contribution in [0.5, 0.6) is 11.5 Å². The molecule has 0 saturated heterocycles. The van der Waals surface area contributed by atoms with E-state index in [2.05, 4.69) is 0 Å². The van der Waals surface area contributed by atoms with E-state index >= 15 is 0 Å². The zero-order valence-corrected chi connectivity index (χ0v) is 9.88. The van der Waals surface area contributed by atoms with Gasteiger partial charge < -0.3 is 9.84 Å². The summed E-state index contributed by atoms with van der Waals surface area (Å²) < 4.78 is 46.3. The Morgan fingerprint density at radius 3 is 2.47 bits per heavy atom. The van der Waals surface area contributed by atoms with Crippen molar-refractivity contribution in [3.63, 3.8) is 0 Å². The van der Waals surface area contributed by atoms with Gasteiger partial charge in [0.1, 0.15) is 5.82 Å². The van der Waals surface area contributed by atoms with E-state index in [1.165, 1.54) is 25.1 Å². The summed E-state index contributed by atoms with van der Waals surface area (Å²) in [7, 11) is 0.